The molecule has 1 aliphatic rings. The van der Waals surface area contributed by atoms with E-state index >= 15 is 0 Å². The number of benzene rings is 1. The fourth-order valence-electron chi connectivity index (χ4n) is 3.89. The van der Waals surface area contributed by atoms with Gasteiger partial charge in [-0.3, -0.25) is 19.5 Å². The first-order valence-corrected chi connectivity index (χ1v) is 10.2. The predicted octanol–water partition coefficient (Wildman–Crippen LogP) is 1.99. The number of carbonyl (C=O) groups is 1. The van der Waals surface area contributed by atoms with Gasteiger partial charge in [0.05, 0.1) is 5.52 Å². The summed E-state index contributed by atoms with van der Waals surface area (Å²) in [5.41, 5.74) is 2.40. The standard InChI is InChI=1S/C23H27N5O2/c1-27(2)19-9-10-28(15-19)14-18-7-8-20(23(30)26-18)22(29)25-13-16-11-17-5-3-4-6-21(17)24-12-16/h3-8,11-12,19H,9-10,13-15H2,1-2H3,(H,25,29)(H,26,30)/t19-/m1/s1. The summed E-state index contributed by atoms with van der Waals surface area (Å²) in [6.07, 6.45) is 2.87. The molecule has 4 rings (SSSR count). The third-order valence-corrected chi connectivity index (χ3v) is 5.69. The van der Waals surface area contributed by atoms with E-state index in [0.29, 0.717) is 19.1 Å². The molecule has 1 amide bonds. The average molecular weight is 406 g/mol. The van der Waals surface area contributed by atoms with Crippen molar-refractivity contribution in [1.29, 1.82) is 0 Å². The Kier molecular flexibility index (Phi) is 5.92. The predicted molar refractivity (Wildman–Crippen MR) is 117 cm³/mol. The number of likely N-dealkylation sites (N-methyl/N-ethyl adjacent to an activating group) is 1. The van der Waals surface area contributed by atoms with Crippen molar-refractivity contribution in [2.75, 3.05) is 27.2 Å². The van der Waals surface area contributed by atoms with Crippen LogP contribution in [-0.4, -0.2) is 58.9 Å². The Balaban J connectivity index is 1.37. The van der Waals surface area contributed by atoms with Crippen molar-refractivity contribution >= 4 is 16.8 Å². The smallest absolute Gasteiger partial charge is 0.261 e. The lowest BCUT2D eigenvalue weighted by Gasteiger charge is -2.20. The molecule has 0 bridgehead atoms. The Morgan fingerprint density at radius 1 is 1.27 bits per heavy atom. The Morgan fingerprint density at radius 3 is 2.87 bits per heavy atom. The molecule has 0 aliphatic carbocycles. The zero-order valence-corrected chi connectivity index (χ0v) is 17.4. The third kappa shape index (κ3) is 4.58. The van der Waals surface area contributed by atoms with Crippen LogP contribution in [0, 0.1) is 0 Å². The molecule has 0 spiro atoms. The highest BCUT2D eigenvalue weighted by atomic mass is 16.2. The van der Waals surface area contributed by atoms with E-state index in [-0.39, 0.29) is 17.0 Å². The monoisotopic (exact) mass is 405 g/mol. The van der Waals surface area contributed by atoms with Crippen molar-refractivity contribution in [3.05, 3.63) is 75.8 Å². The molecule has 7 heteroatoms. The zero-order chi connectivity index (χ0) is 21.1. The van der Waals surface area contributed by atoms with Crippen molar-refractivity contribution < 1.29 is 4.79 Å². The minimum absolute atomic E-state index is 0.125. The number of H-pyrrole nitrogens is 1. The first-order valence-electron chi connectivity index (χ1n) is 10.2. The summed E-state index contributed by atoms with van der Waals surface area (Å²) < 4.78 is 0. The highest BCUT2D eigenvalue weighted by molar-refractivity contribution is 5.93. The van der Waals surface area contributed by atoms with Gasteiger partial charge in [-0.2, -0.15) is 0 Å². The maximum absolute atomic E-state index is 12.5. The molecule has 1 aliphatic heterocycles. The van der Waals surface area contributed by atoms with E-state index in [4.69, 9.17) is 0 Å². The maximum Gasteiger partial charge on any atom is 0.261 e. The van der Waals surface area contributed by atoms with Gasteiger partial charge in [-0.25, -0.2) is 0 Å². The highest BCUT2D eigenvalue weighted by Crippen LogP contribution is 2.15. The molecule has 2 N–H and O–H groups in total. The second-order valence-corrected chi connectivity index (χ2v) is 8.09. The molecule has 7 nitrogen and oxygen atoms in total. The van der Waals surface area contributed by atoms with Crippen molar-refractivity contribution in [2.45, 2.75) is 25.6 Å². The van der Waals surface area contributed by atoms with E-state index in [1.165, 1.54) is 0 Å². The second-order valence-electron chi connectivity index (χ2n) is 8.09. The summed E-state index contributed by atoms with van der Waals surface area (Å²) in [6, 6.07) is 13.8. The molecule has 156 valence electrons. The number of fused-ring (bicyclic) bond motifs is 1. The Morgan fingerprint density at radius 2 is 2.10 bits per heavy atom. The Labute approximate surface area is 175 Å². The Hall–Kier alpha value is -3.03. The summed E-state index contributed by atoms with van der Waals surface area (Å²) in [5, 5.41) is 3.84. The molecule has 1 fully saturated rings. The molecule has 3 aromatic rings. The molecule has 1 saturated heterocycles. The van der Waals surface area contributed by atoms with E-state index in [2.05, 4.69) is 39.2 Å². The van der Waals surface area contributed by atoms with E-state index < -0.39 is 0 Å². The van der Waals surface area contributed by atoms with Crippen LogP contribution in [0.4, 0.5) is 0 Å². The number of hydrogen-bond acceptors (Lipinski definition) is 5. The van der Waals surface area contributed by atoms with Gasteiger partial charge in [0.15, 0.2) is 0 Å². The van der Waals surface area contributed by atoms with Gasteiger partial charge in [0.2, 0.25) is 0 Å². The number of para-hydroxylation sites is 1. The molecule has 0 saturated carbocycles. The van der Waals surface area contributed by atoms with Crippen LogP contribution in [0.5, 0.6) is 0 Å². The summed E-state index contributed by atoms with van der Waals surface area (Å²) in [6.45, 7) is 2.99. The summed E-state index contributed by atoms with van der Waals surface area (Å²) in [7, 11) is 4.19. The van der Waals surface area contributed by atoms with Crippen molar-refractivity contribution in [2.24, 2.45) is 0 Å². The molecule has 3 heterocycles. The van der Waals surface area contributed by atoms with Gasteiger partial charge in [-0.05, 0) is 50.3 Å². The van der Waals surface area contributed by atoms with Crippen LogP contribution in [-0.2, 0) is 13.1 Å². The number of carbonyl (C=O) groups excluding carboxylic acids is 1. The largest absolute Gasteiger partial charge is 0.348 e. The second kappa shape index (κ2) is 8.77. The lowest BCUT2D eigenvalue weighted by atomic mass is 10.1. The van der Waals surface area contributed by atoms with Crippen LogP contribution >= 0.6 is 0 Å². The van der Waals surface area contributed by atoms with Crippen LogP contribution in [0.1, 0.15) is 28.0 Å². The molecule has 0 unspecified atom stereocenters. The number of aromatic nitrogens is 2. The topological polar surface area (TPSA) is 81.3 Å². The van der Waals surface area contributed by atoms with E-state index in [0.717, 1.165) is 41.7 Å². The van der Waals surface area contributed by atoms with Gasteiger partial charge in [0, 0.05) is 49.5 Å². The quantitative estimate of drug-likeness (QED) is 0.656. The van der Waals surface area contributed by atoms with E-state index in [1.807, 2.05) is 36.4 Å². The van der Waals surface area contributed by atoms with Crippen molar-refractivity contribution in [1.82, 2.24) is 25.1 Å². The molecule has 30 heavy (non-hydrogen) atoms. The summed E-state index contributed by atoms with van der Waals surface area (Å²) >= 11 is 0. The number of rotatable bonds is 6. The number of pyridine rings is 2. The third-order valence-electron chi connectivity index (χ3n) is 5.69. The molecule has 2 aromatic heterocycles. The first kappa shape index (κ1) is 20.3. The highest BCUT2D eigenvalue weighted by Gasteiger charge is 2.24. The van der Waals surface area contributed by atoms with Crippen molar-refractivity contribution in [3.63, 3.8) is 0 Å². The van der Waals surface area contributed by atoms with Crippen LogP contribution < -0.4 is 10.9 Å². The van der Waals surface area contributed by atoms with Gasteiger partial charge >= 0.3 is 0 Å². The number of amides is 1. The summed E-state index contributed by atoms with van der Waals surface area (Å²) in [5.74, 6) is -0.384. The SMILES string of the molecule is CN(C)[C@@H]1CCN(Cc2ccc(C(=O)NCc3cnc4ccccc4c3)c(=O)[nH]2)C1. The van der Waals surface area contributed by atoms with Crippen LogP contribution in [0.25, 0.3) is 10.9 Å². The molecule has 0 radical (unpaired) electrons. The minimum Gasteiger partial charge on any atom is -0.348 e. The molecule has 1 atom stereocenters. The van der Waals surface area contributed by atoms with Crippen LogP contribution in [0.3, 0.4) is 0 Å². The fraction of sp³-hybridized carbons (Fsp3) is 0.348. The van der Waals surface area contributed by atoms with Crippen molar-refractivity contribution in [3.8, 4) is 0 Å². The molecular weight excluding hydrogens is 378 g/mol. The van der Waals surface area contributed by atoms with Gasteiger partial charge in [-0.15, -0.1) is 0 Å². The van der Waals surface area contributed by atoms with Gasteiger partial charge in [-0.1, -0.05) is 18.2 Å². The first-order chi connectivity index (χ1) is 14.5. The number of nitrogens with zero attached hydrogens (tertiary/aromatic N) is 3. The van der Waals surface area contributed by atoms with Gasteiger partial charge in [0.1, 0.15) is 5.56 Å². The number of hydrogen-bond donors (Lipinski definition) is 2. The molecule has 1 aromatic carbocycles. The number of aromatic amines is 1. The normalized spacial score (nSPS) is 17.0. The van der Waals surface area contributed by atoms with E-state index in [9.17, 15) is 9.59 Å². The lowest BCUT2D eigenvalue weighted by molar-refractivity contribution is 0.0949. The van der Waals surface area contributed by atoms with Gasteiger partial charge < -0.3 is 15.2 Å². The zero-order valence-electron chi connectivity index (χ0n) is 17.4. The number of nitrogens with one attached hydrogen (secondary N) is 2. The van der Waals surface area contributed by atoms with Crippen LogP contribution in [0.15, 0.2) is 53.5 Å². The fourth-order valence-corrected chi connectivity index (χ4v) is 3.89. The summed E-state index contributed by atoms with van der Waals surface area (Å²) in [4.78, 5) is 36.8. The number of likely N-dealkylation sites (tertiary alicyclic amines) is 1. The molecular formula is C23H27N5O2. The maximum atomic E-state index is 12.5. The van der Waals surface area contributed by atoms with Crippen LogP contribution in [0.2, 0.25) is 0 Å². The van der Waals surface area contributed by atoms with Gasteiger partial charge in [0.25, 0.3) is 11.5 Å². The lowest BCUT2D eigenvalue weighted by Crippen LogP contribution is -2.32. The Bertz CT molecular complexity index is 1110. The average Bonchev–Trinajstić information content (AvgIpc) is 3.21. The minimum atomic E-state index is -0.384. The van der Waals surface area contributed by atoms with E-state index in [1.54, 1.807) is 12.3 Å².